The number of hydrogen-bond donors (Lipinski definition) is 1. The molecule has 2 radical (unpaired) electrons. The zero-order chi connectivity index (χ0) is 6.74. The van der Waals surface area contributed by atoms with Gasteiger partial charge in [-0.05, 0) is 12.8 Å². The second kappa shape index (κ2) is 4.22. The van der Waals surface area contributed by atoms with E-state index in [0.717, 1.165) is 25.7 Å². The Morgan fingerprint density at radius 1 is 1.40 bits per heavy atom. The largest absolute Gasteiger partial charge is 0.389 e. The molecule has 1 saturated carbocycles. The molecule has 0 atom stereocenters. The third-order valence-corrected chi connectivity index (χ3v) is 1.97. The fourth-order valence-electron chi connectivity index (χ4n) is 1.40. The Morgan fingerprint density at radius 3 is 2.30 bits per heavy atom. The van der Waals surface area contributed by atoms with Crippen molar-refractivity contribution in [2.45, 2.75) is 37.7 Å². The van der Waals surface area contributed by atoms with Crippen molar-refractivity contribution in [1.82, 2.24) is 0 Å². The van der Waals surface area contributed by atoms with Crippen LogP contribution in [0.3, 0.4) is 0 Å². The van der Waals surface area contributed by atoms with E-state index in [1.807, 2.05) is 0 Å². The van der Waals surface area contributed by atoms with Crippen molar-refractivity contribution in [3.05, 3.63) is 0 Å². The van der Waals surface area contributed by atoms with Gasteiger partial charge in [0, 0.05) is 29.5 Å². The summed E-state index contributed by atoms with van der Waals surface area (Å²) in [6.07, 6.45) is 9.69. The highest BCUT2D eigenvalue weighted by molar-refractivity contribution is 5.75. The molecule has 0 aromatic carbocycles. The zero-order valence-electron chi connectivity index (χ0n) is 6.27. The van der Waals surface area contributed by atoms with Crippen molar-refractivity contribution >= 4 is 23.1 Å². The van der Waals surface area contributed by atoms with Crippen LogP contribution in [-0.4, -0.2) is 33.8 Å². The summed E-state index contributed by atoms with van der Waals surface area (Å²) in [4.78, 5) is 0. The first-order chi connectivity index (χ1) is 4.27. The normalized spacial score (nSPS) is 21.2. The van der Waals surface area contributed by atoms with Crippen LogP contribution in [0.5, 0.6) is 0 Å². The summed E-state index contributed by atoms with van der Waals surface area (Å²) in [5, 5.41) is 9.55. The molecule has 1 nitrogen and oxygen atoms in total. The molecule has 0 aromatic heterocycles. The maximum Gasteiger partial charge on any atom is 0.0756 e. The Bertz CT molecular complexity index is 131. The van der Waals surface area contributed by atoms with Crippen LogP contribution < -0.4 is 0 Å². The molecule has 0 aliphatic heterocycles. The second-order valence-corrected chi connectivity index (χ2v) is 2.81. The van der Waals surface area contributed by atoms with Gasteiger partial charge in [-0.15, -0.1) is 12.3 Å². The lowest BCUT2D eigenvalue weighted by molar-refractivity contribution is 0.0532. The van der Waals surface area contributed by atoms with Crippen LogP contribution >= 0.6 is 0 Å². The standard InChI is InChI=1S/C8H12O.Mg/c1-2-5-8(9)6-3-4-7-8;/h1,9H,3-7H2;. The Labute approximate surface area is 78.4 Å². The molecule has 0 aromatic rings. The van der Waals surface area contributed by atoms with Crippen molar-refractivity contribution in [2.75, 3.05) is 0 Å². The summed E-state index contributed by atoms with van der Waals surface area (Å²) in [5.41, 5.74) is -0.491. The van der Waals surface area contributed by atoms with Crippen molar-refractivity contribution in [2.24, 2.45) is 0 Å². The van der Waals surface area contributed by atoms with Gasteiger partial charge in [0.25, 0.3) is 0 Å². The minimum absolute atomic E-state index is 0. The van der Waals surface area contributed by atoms with Crippen molar-refractivity contribution in [3.63, 3.8) is 0 Å². The molecule has 0 spiro atoms. The van der Waals surface area contributed by atoms with Crippen LogP contribution in [0.25, 0.3) is 0 Å². The Hall–Kier alpha value is 0.286. The molecule has 1 aliphatic carbocycles. The molecule has 1 N–H and O–H groups in total. The van der Waals surface area contributed by atoms with E-state index in [0.29, 0.717) is 6.42 Å². The summed E-state index contributed by atoms with van der Waals surface area (Å²) >= 11 is 0. The average Bonchev–Trinajstić information content (AvgIpc) is 2.16. The number of rotatable bonds is 1. The molecule has 10 heavy (non-hydrogen) atoms. The number of hydrogen-bond acceptors (Lipinski definition) is 1. The third-order valence-electron chi connectivity index (χ3n) is 1.97. The van der Waals surface area contributed by atoms with Crippen LogP contribution in [0.4, 0.5) is 0 Å². The monoisotopic (exact) mass is 148 g/mol. The van der Waals surface area contributed by atoms with Gasteiger partial charge in [0.1, 0.15) is 0 Å². The first-order valence-electron chi connectivity index (χ1n) is 3.43. The molecule has 0 heterocycles. The third kappa shape index (κ3) is 2.49. The van der Waals surface area contributed by atoms with Gasteiger partial charge in [-0.25, -0.2) is 0 Å². The smallest absolute Gasteiger partial charge is 0.0756 e. The average molecular weight is 148 g/mol. The van der Waals surface area contributed by atoms with Crippen LogP contribution in [-0.2, 0) is 0 Å². The molecule has 2 heteroatoms. The van der Waals surface area contributed by atoms with Crippen molar-refractivity contribution < 1.29 is 5.11 Å². The zero-order valence-corrected chi connectivity index (χ0v) is 7.68. The minimum Gasteiger partial charge on any atom is -0.389 e. The second-order valence-electron chi connectivity index (χ2n) is 2.81. The molecular formula is C8H12MgO. The SMILES string of the molecule is C#CCC1(O)CCCC1.[Mg]. The quantitative estimate of drug-likeness (QED) is 0.433. The topological polar surface area (TPSA) is 20.2 Å². The molecule has 0 saturated heterocycles. The van der Waals surface area contributed by atoms with E-state index in [9.17, 15) is 5.11 Å². The summed E-state index contributed by atoms with van der Waals surface area (Å²) in [7, 11) is 0. The van der Waals surface area contributed by atoms with E-state index in [-0.39, 0.29) is 23.1 Å². The first-order valence-corrected chi connectivity index (χ1v) is 3.43. The maximum atomic E-state index is 9.55. The lowest BCUT2D eigenvalue weighted by atomic mass is 9.99. The van der Waals surface area contributed by atoms with Crippen LogP contribution in [0, 0.1) is 12.3 Å². The van der Waals surface area contributed by atoms with Gasteiger partial charge >= 0.3 is 0 Å². The minimum atomic E-state index is -0.491. The molecule has 0 amide bonds. The predicted molar refractivity (Wildman–Crippen MR) is 42.6 cm³/mol. The molecule has 1 rings (SSSR count). The van der Waals surface area contributed by atoms with Crippen molar-refractivity contribution in [1.29, 1.82) is 0 Å². The Morgan fingerprint density at radius 2 is 1.90 bits per heavy atom. The molecule has 0 bridgehead atoms. The molecule has 52 valence electrons. The summed E-state index contributed by atoms with van der Waals surface area (Å²) < 4.78 is 0. The summed E-state index contributed by atoms with van der Waals surface area (Å²) in [6.45, 7) is 0. The van der Waals surface area contributed by atoms with E-state index in [2.05, 4.69) is 5.92 Å². The van der Waals surface area contributed by atoms with Gasteiger partial charge in [0.05, 0.1) is 5.60 Å². The molecule has 0 unspecified atom stereocenters. The van der Waals surface area contributed by atoms with Gasteiger partial charge < -0.3 is 5.11 Å². The molecule has 1 fully saturated rings. The summed E-state index contributed by atoms with van der Waals surface area (Å²) in [5.74, 6) is 2.50. The number of aliphatic hydroxyl groups is 1. The van der Waals surface area contributed by atoms with Gasteiger partial charge in [-0.3, -0.25) is 0 Å². The van der Waals surface area contributed by atoms with Gasteiger partial charge in [0.15, 0.2) is 0 Å². The van der Waals surface area contributed by atoms with E-state index in [4.69, 9.17) is 6.42 Å². The van der Waals surface area contributed by atoms with Gasteiger partial charge in [0.2, 0.25) is 0 Å². The fourth-order valence-corrected chi connectivity index (χ4v) is 1.40. The van der Waals surface area contributed by atoms with Gasteiger partial charge in [-0.2, -0.15) is 0 Å². The van der Waals surface area contributed by atoms with E-state index in [1.54, 1.807) is 0 Å². The highest BCUT2D eigenvalue weighted by Crippen LogP contribution is 2.31. The van der Waals surface area contributed by atoms with Crippen molar-refractivity contribution in [3.8, 4) is 12.3 Å². The van der Waals surface area contributed by atoms with Gasteiger partial charge in [-0.1, -0.05) is 12.8 Å². The number of terminal acetylenes is 1. The highest BCUT2D eigenvalue weighted by Gasteiger charge is 2.29. The Kier molecular flexibility index (Phi) is 4.34. The van der Waals surface area contributed by atoms with E-state index >= 15 is 0 Å². The maximum absolute atomic E-state index is 9.55. The fraction of sp³-hybridized carbons (Fsp3) is 0.750. The Balaban J connectivity index is 0.000000810. The van der Waals surface area contributed by atoms with Crippen LogP contribution in [0.2, 0.25) is 0 Å². The predicted octanol–water partition coefficient (Wildman–Crippen LogP) is 0.934. The summed E-state index contributed by atoms with van der Waals surface area (Å²) in [6, 6.07) is 0. The van der Waals surface area contributed by atoms with Crippen LogP contribution in [0.1, 0.15) is 32.1 Å². The lowest BCUT2D eigenvalue weighted by Crippen LogP contribution is -2.22. The lowest BCUT2D eigenvalue weighted by Gasteiger charge is -2.17. The van der Waals surface area contributed by atoms with E-state index < -0.39 is 5.60 Å². The van der Waals surface area contributed by atoms with E-state index in [1.165, 1.54) is 0 Å². The first kappa shape index (κ1) is 10.3. The highest BCUT2D eigenvalue weighted by atomic mass is 24.3. The molecule has 1 aliphatic rings. The molecular weight excluding hydrogens is 136 g/mol. The van der Waals surface area contributed by atoms with Crippen LogP contribution in [0.15, 0.2) is 0 Å².